The number of halogens is 1. The highest BCUT2D eigenvalue weighted by atomic mass is 35.5. The van der Waals surface area contributed by atoms with Crippen LogP contribution < -0.4 is 4.72 Å². The predicted molar refractivity (Wildman–Crippen MR) is 92.6 cm³/mol. The second-order valence-corrected chi connectivity index (χ2v) is 8.24. The first-order chi connectivity index (χ1) is 11.3. The van der Waals surface area contributed by atoms with E-state index in [0.717, 1.165) is 19.1 Å². The molecular weight excluding hydrogens is 352 g/mol. The van der Waals surface area contributed by atoms with E-state index in [9.17, 15) is 18.0 Å². The van der Waals surface area contributed by atoms with Gasteiger partial charge < -0.3 is 4.90 Å². The third-order valence-electron chi connectivity index (χ3n) is 3.96. The van der Waals surface area contributed by atoms with Crippen molar-refractivity contribution >= 4 is 33.3 Å². The smallest absolute Gasteiger partial charge is 0.223 e. The number of ketones is 1. The first kappa shape index (κ1) is 18.9. The van der Waals surface area contributed by atoms with Gasteiger partial charge in [0, 0.05) is 42.6 Å². The van der Waals surface area contributed by atoms with Gasteiger partial charge in [-0.05, 0) is 25.0 Å². The van der Waals surface area contributed by atoms with Crippen LogP contribution in [0.4, 0.5) is 0 Å². The maximum Gasteiger partial charge on any atom is 0.223 e. The summed E-state index contributed by atoms with van der Waals surface area (Å²) in [5, 5.41) is 0.511. The molecule has 1 aliphatic rings. The van der Waals surface area contributed by atoms with E-state index >= 15 is 0 Å². The molecule has 24 heavy (non-hydrogen) atoms. The molecule has 0 radical (unpaired) electrons. The largest absolute Gasteiger partial charge is 0.342 e. The summed E-state index contributed by atoms with van der Waals surface area (Å²) in [7, 11) is -3.30. The van der Waals surface area contributed by atoms with E-state index in [0.29, 0.717) is 23.7 Å². The topological polar surface area (TPSA) is 83.6 Å². The quantitative estimate of drug-likeness (QED) is 0.770. The molecule has 1 aromatic rings. The van der Waals surface area contributed by atoms with E-state index in [1.54, 1.807) is 29.2 Å². The Labute approximate surface area is 147 Å². The van der Waals surface area contributed by atoms with Crippen molar-refractivity contribution in [3.05, 3.63) is 34.9 Å². The van der Waals surface area contributed by atoms with Crippen LogP contribution in [0.3, 0.4) is 0 Å². The van der Waals surface area contributed by atoms with E-state index in [1.165, 1.54) is 0 Å². The first-order valence-electron chi connectivity index (χ1n) is 7.78. The van der Waals surface area contributed by atoms with Crippen molar-refractivity contribution in [3.8, 4) is 0 Å². The van der Waals surface area contributed by atoms with Crippen LogP contribution in [0, 0.1) is 5.92 Å². The Morgan fingerprint density at radius 2 is 2.12 bits per heavy atom. The lowest BCUT2D eigenvalue weighted by Gasteiger charge is -2.32. The fraction of sp³-hybridized carbons (Fsp3) is 0.500. The summed E-state index contributed by atoms with van der Waals surface area (Å²) < 4.78 is 24.3. The third-order valence-corrected chi connectivity index (χ3v) is 4.92. The minimum Gasteiger partial charge on any atom is -0.342 e. The Balaban J connectivity index is 1.93. The number of amides is 1. The standard InChI is InChI=1S/C16H21ClN2O4S/c1-24(22,23)18-8-7-15(20)19-9-3-5-13(11-19)16(21)12-4-2-6-14(17)10-12/h2,4,6,10,13,18H,3,5,7-9,11H2,1H3/t13-/m1/s1. The number of Topliss-reactive ketones (excluding diaryl/α,β-unsaturated/α-hetero) is 1. The summed E-state index contributed by atoms with van der Waals surface area (Å²) in [5.74, 6) is -0.400. The van der Waals surface area contributed by atoms with Gasteiger partial charge in [0.15, 0.2) is 5.78 Å². The molecule has 0 saturated carbocycles. The molecule has 0 unspecified atom stereocenters. The summed E-state index contributed by atoms with van der Waals surface area (Å²) in [6.07, 6.45) is 2.63. The first-order valence-corrected chi connectivity index (χ1v) is 10.1. The van der Waals surface area contributed by atoms with Gasteiger partial charge in [-0.2, -0.15) is 0 Å². The number of carbonyl (C=O) groups excluding carboxylic acids is 2. The number of hydrogen-bond donors (Lipinski definition) is 1. The van der Waals surface area contributed by atoms with Gasteiger partial charge in [0.1, 0.15) is 0 Å². The number of hydrogen-bond acceptors (Lipinski definition) is 4. The molecule has 1 saturated heterocycles. The number of benzene rings is 1. The molecule has 1 aliphatic heterocycles. The highest BCUT2D eigenvalue weighted by Crippen LogP contribution is 2.22. The Morgan fingerprint density at radius 3 is 2.79 bits per heavy atom. The highest BCUT2D eigenvalue weighted by Gasteiger charge is 2.28. The van der Waals surface area contributed by atoms with Crippen molar-refractivity contribution < 1.29 is 18.0 Å². The van der Waals surface area contributed by atoms with Crippen molar-refractivity contribution in [2.75, 3.05) is 25.9 Å². The molecule has 8 heteroatoms. The predicted octanol–water partition coefficient (Wildman–Crippen LogP) is 1.70. The van der Waals surface area contributed by atoms with Gasteiger partial charge in [0.2, 0.25) is 15.9 Å². The van der Waals surface area contributed by atoms with E-state index < -0.39 is 10.0 Å². The molecule has 0 bridgehead atoms. The summed E-state index contributed by atoms with van der Waals surface area (Å²) in [4.78, 5) is 26.4. The number of carbonyl (C=O) groups is 2. The van der Waals surface area contributed by atoms with Crippen molar-refractivity contribution in [1.82, 2.24) is 9.62 Å². The molecule has 1 N–H and O–H groups in total. The molecule has 0 aliphatic carbocycles. The average Bonchev–Trinajstić information content (AvgIpc) is 2.53. The molecule has 2 rings (SSSR count). The molecule has 1 fully saturated rings. The van der Waals surface area contributed by atoms with E-state index in [1.807, 2.05) is 0 Å². The van der Waals surface area contributed by atoms with Crippen LogP contribution >= 0.6 is 11.6 Å². The number of rotatable bonds is 6. The third kappa shape index (κ3) is 5.58. The maximum atomic E-state index is 12.6. The number of nitrogens with zero attached hydrogens (tertiary/aromatic N) is 1. The summed E-state index contributed by atoms with van der Waals surface area (Å²) in [6.45, 7) is 1.03. The maximum absolute atomic E-state index is 12.6. The second-order valence-electron chi connectivity index (χ2n) is 5.97. The lowest BCUT2D eigenvalue weighted by Crippen LogP contribution is -2.43. The minimum absolute atomic E-state index is 0.00994. The van der Waals surface area contributed by atoms with Crippen molar-refractivity contribution in [2.24, 2.45) is 5.92 Å². The summed E-state index contributed by atoms with van der Waals surface area (Å²) >= 11 is 5.93. The molecular formula is C16H21ClN2O4S. The average molecular weight is 373 g/mol. The second kappa shape index (κ2) is 8.09. The van der Waals surface area contributed by atoms with E-state index in [2.05, 4.69) is 4.72 Å². The Bertz CT molecular complexity index is 721. The molecule has 0 aromatic heterocycles. The zero-order chi connectivity index (χ0) is 17.7. The van der Waals surface area contributed by atoms with Crippen LogP contribution in [0.15, 0.2) is 24.3 Å². The van der Waals surface area contributed by atoms with Gasteiger partial charge in [-0.25, -0.2) is 13.1 Å². The van der Waals surface area contributed by atoms with Crippen molar-refractivity contribution in [3.63, 3.8) is 0 Å². The zero-order valence-electron chi connectivity index (χ0n) is 13.5. The molecule has 6 nitrogen and oxygen atoms in total. The Morgan fingerprint density at radius 1 is 1.38 bits per heavy atom. The van der Waals surface area contributed by atoms with Crippen LogP contribution in [0.25, 0.3) is 0 Å². The Hall–Kier alpha value is -1.44. The molecule has 1 amide bonds. The van der Waals surface area contributed by atoms with Gasteiger partial charge in [-0.15, -0.1) is 0 Å². The van der Waals surface area contributed by atoms with Gasteiger partial charge in [-0.3, -0.25) is 9.59 Å². The number of piperidine rings is 1. The van der Waals surface area contributed by atoms with Crippen molar-refractivity contribution in [1.29, 1.82) is 0 Å². The summed E-state index contributed by atoms with van der Waals surface area (Å²) in [6, 6.07) is 6.81. The van der Waals surface area contributed by atoms with Gasteiger partial charge in [0.05, 0.1) is 6.26 Å². The SMILES string of the molecule is CS(=O)(=O)NCCC(=O)N1CCC[C@@H](C(=O)c2cccc(Cl)c2)C1. The van der Waals surface area contributed by atoms with Crippen LogP contribution in [0.2, 0.25) is 5.02 Å². The lowest BCUT2D eigenvalue weighted by atomic mass is 9.90. The Kier molecular flexibility index (Phi) is 6.37. The summed E-state index contributed by atoms with van der Waals surface area (Å²) in [5.41, 5.74) is 0.556. The van der Waals surface area contributed by atoms with Gasteiger partial charge >= 0.3 is 0 Å². The lowest BCUT2D eigenvalue weighted by molar-refractivity contribution is -0.132. The molecule has 132 valence electrons. The monoisotopic (exact) mass is 372 g/mol. The molecule has 0 spiro atoms. The zero-order valence-corrected chi connectivity index (χ0v) is 15.1. The van der Waals surface area contributed by atoms with Crippen LogP contribution in [0.1, 0.15) is 29.6 Å². The highest BCUT2D eigenvalue weighted by molar-refractivity contribution is 7.88. The van der Waals surface area contributed by atoms with Gasteiger partial charge in [0.25, 0.3) is 0 Å². The molecule has 1 atom stereocenters. The van der Waals surface area contributed by atoms with E-state index in [4.69, 9.17) is 11.6 Å². The normalized spacial score (nSPS) is 18.4. The molecule has 1 heterocycles. The molecule has 1 aromatic carbocycles. The van der Waals surface area contributed by atoms with Crippen molar-refractivity contribution in [2.45, 2.75) is 19.3 Å². The van der Waals surface area contributed by atoms with Crippen LogP contribution in [0.5, 0.6) is 0 Å². The van der Waals surface area contributed by atoms with Crippen LogP contribution in [-0.2, 0) is 14.8 Å². The number of sulfonamides is 1. The van der Waals surface area contributed by atoms with E-state index in [-0.39, 0.29) is 30.6 Å². The number of nitrogens with one attached hydrogen (secondary N) is 1. The van der Waals surface area contributed by atoms with Gasteiger partial charge in [-0.1, -0.05) is 23.7 Å². The number of likely N-dealkylation sites (tertiary alicyclic amines) is 1. The fourth-order valence-corrected chi connectivity index (χ4v) is 3.46. The van der Waals surface area contributed by atoms with Crippen LogP contribution in [-0.4, -0.2) is 50.9 Å². The fourth-order valence-electron chi connectivity index (χ4n) is 2.80. The minimum atomic E-state index is -3.30.